The second kappa shape index (κ2) is 2.55. The zero-order valence-electron chi connectivity index (χ0n) is 6.42. The molecule has 2 aromatic rings. The Bertz CT molecular complexity index is 386. The quantitative estimate of drug-likeness (QED) is 0.577. The third-order valence-electron chi connectivity index (χ3n) is 1.71. The van der Waals surface area contributed by atoms with Crippen molar-refractivity contribution >= 4 is 10.9 Å². The van der Waals surface area contributed by atoms with Gasteiger partial charge in [0.15, 0.2) is 0 Å². The van der Waals surface area contributed by atoms with Gasteiger partial charge in [-0.3, -0.25) is 4.98 Å². The molecule has 0 N–H and O–H groups in total. The molecule has 1 nitrogen and oxygen atoms in total. The second-order valence-corrected chi connectivity index (χ2v) is 2.64. The summed E-state index contributed by atoms with van der Waals surface area (Å²) in [4.78, 5) is 4.09. The van der Waals surface area contributed by atoms with E-state index in [4.69, 9.17) is 0 Å². The van der Waals surface area contributed by atoms with E-state index in [1.807, 2.05) is 6.07 Å². The number of hydrogen-bond donors (Lipinski definition) is 0. The van der Waals surface area contributed by atoms with Gasteiger partial charge in [0.2, 0.25) is 0 Å². The molecule has 2 heteroatoms. The van der Waals surface area contributed by atoms with E-state index in [-0.39, 0.29) is 5.82 Å². The van der Waals surface area contributed by atoms with Crippen LogP contribution in [-0.4, -0.2) is 4.98 Å². The van der Waals surface area contributed by atoms with Crippen molar-refractivity contribution in [2.45, 2.75) is 0 Å². The lowest BCUT2D eigenvalue weighted by Gasteiger charge is -1.97. The van der Waals surface area contributed by atoms with Crippen molar-refractivity contribution < 1.29 is 4.39 Å². The van der Waals surface area contributed by atoms with Gasteiger partial charge in [0.1, 0.15) is 5.82 Å². The first-order chi connectivity index (χ1) is 5.75. The largest absolute Gasteiger partial charge is 0.253 e. The number of fused-ring (bicyclic) bond motifs is 1. The molecule has 0 fully saturated rings. The minimum atomic E-state index is -0.263. The number of hydrogen-bond acceptors (Lipinski definition) is 1. The number of halogens is 1. The summed E-state index contributed by atoms with van der Waals surface area (Å²) in [5, 5.41) is 0.934. The van der Waals surface area contributed by atoms with Gasteiger partial charge in [-0.15, -0.1) is 0 Å². The van der Waals surface area contributed by atoms with Crippen LogP contribution in [0.15, 0.2) is 30.3 Å². The van der Waals surface area contributed by atoms with Crippen LogP contribution < -0.4 is 0 Å². The molecule has 0 bridgehead atoms. The predicted molar refractivity (Wildman–Crippen MR) is 46.2 cm³/mol. The van der Waals surface area contributed by atoms with Gasteiger partial charge in [-0.2, -0.15) is 0 Å². The highest BCUT2D eigenvalue weighted by atomic mass is 19.1. The molecule has 0 amide bonds. The summed E-state index contributed by atoms with van der Waals surface area (Å²) in [5.74, 6) is -0.263. The third kappa shape index (κ3) is 1.16. The highest BCUT2D eigenvalue weighted by molar-refractivity contribution is 5.78. The van der Waals surface area contributed by atoms with Crippen LogP contribution >= 0.6 is 0 Å². The molecule has 0 aliphatic rings. The van der Waals surface area contributed by atoms with E-state index in [9.17, 15) is 4.39 Å². The molecule has 0 saturated carbocycles. The molecule has 0 atom stereocenters. The summed E-state index contributed by atoms with van der Waals surface area (Å²) < 4.78 is 12.7. The number of benzene rings is 1. The van der Waals surface area contributed by atoms with Gasteiger partial charge < -0.3 is 0 Å². The van der Waals surface area contributed by atoms with Crippen LogP contribution in [-0.2, 0) is 0 Å². The standard InChI is InChI=1S/C10H7FN/c1-7-2-3-8-4-5-9(11)6-10(8)12-7/h2-6H,1H2. The van der Waals surface area contributed by atoms with E-state index in [2.05, 4.69) is 11.9 Å². The Balaban J connectivity index is 2.80. The fourth-order valence-corrected chi connectivity index (χ4v) is 1.13. The number of aromatic nitrogens is 1. The first kappa shape index (κ1) is 7.22. The summed E-state index contributed by atoms with van der Waals surface area (Å²) in [5.41, 5.74) is 1.32. The first-order valence-electron chi connectivity index (χ1n) is 3.64. The Morgan fingerprint density at radius 2 is 1.92 bits per heavy atom. The molecule has 1 radical (unpaired) electrons. The second-order valence-electron chi connectivity index (χ2n) is 2.64. The van der Waals surface area contributed by atoms with Crippen LogP contribution in [0.3, 0.4) is 0 Å². The van der Waals surface area contributed by atoms with Crippen molar-refractivity contribution in [3.8, 4) is 0 Å². The molecular formula is C10H7FN. The lowest BCUT2D eigenvalue weighted by Crippen LogP contribution is -1.83. The normalized spacial score (nSPS) is 10.5. The van der Waals surface area contributed by atoms with Crippen molar-refractivity contribution in [3.05, 3.63) is 48.8 Å². The van der Waals surface area contributed by atoms with Gasteiger partial charge in [0.25, 0.3) is 0 Å². The minimum absolute atomic E-state index is 0.263. The monoisotopic (exact) mass is 160 g/mol. The van der Waals surface area contributed by atoms with E-state index in [0.29, 0.717) is 11.2 Å². The topological polar surface area (TPSA) is 12.9 Å². The number of pyridine rings is 1. The molecule has 0 unspecified atom stereocenters. The maximum atomic E-state index is 12.7. The molecule has 0 aliphatic carbocycles. The lowest BCUT2D eigenvalue weighted by molar-refractivity contribution is 0.629. The Kier molecular flexibility index (Phi) is 1.54. The number of rotatable bonds is 0. The van der Waals surface area contributed by atoms with Crippen LogP contribution in [0.2, 0.25) is 0 Å². The summed E-state index contributed by atoms with van der Waals surface area (Å²) in [6.07, 6.45) is 0. The Morgan fingerprint density at radius 3 is 2.75 bits per heavy atom. The van der Waals surface area contributed by atoms with Crippen molar-refractivity contribution in [2.75, 3.05) is 0 Å². The van der Waals surface area contributed by atoms with Gasteiger partial charge in [-0.1, -0.05) is 6.07 Å². The van der Waals surface area contributed by atoms with Crippen molar-refractivity contribution in [1.82, 2.24) is 4.98 Å². The van der Waals surface area contributed by atoms with Gasteiger partial charge >= 0.3 is 0 Å². The molecule has 2 rings (SSSR count). The minimum Gasteiger partial charge on any atom is -0.253 e. The molecule has 1 aromatic heterocycles. The summed E-state index contributed by atoms with van der Waals surface area (Å²) in [6.45, 7) is 3.67. The summed E-state index contributed by atoms with van der Waals surface area (Å²) in [7, 11) is 0. The summed E-state index contributed by atoms with van der Waals surface area (Å²) in [6, 6.07) is 8.22. The molecule has 12 heavy (non-hydrogen) atoms. The molecule has 0 spiro atoms. The van der Waals surface area contributed by atoms with E-state index < -0.39 is 0 Å². The van der Waals surface area contributed by atoms with E-state index in [1.54, 1.807) is 12.1 Å². The van der Waals surface area contributed by atoms with Gasteiger partial charge in [-0.25, -0.2) is 4.39 Å². The fourth-order valence-electron chi connectivity index (χ4n) is 1.13. The fraction of sp³-hybridized carbons (Fsp3) is 0. The van der Waals surface area contributed by atoms with Crippen molar-refractivity contribution in [2.24, 2.45) is 0 Å². The predicted octanol–water partition coefficient (Wildman–Crippen LogP) is 2.56. The van der Waals surface area contributed by atoms with Crippen LogP contribution in [0.25, 0.3) is 10.9 Å². The highest BCUT2D eigenvalue weighted by Crippen LogP contribution is 2.13. The molecule has 0 aliphatic heterocycles. The molecule has 59 valence electrons. The first-order valence-corrected chi connectivity index (χ1v) is 3.64. The molecular weight excluding hydrogens is 153 g/mol. The molecule has 1 heterocycles. The third-order valence-corrected chi connectivity index (χ3v) is 1.71. The van der Waals surface area contributed by atoms with Crippen LogP contribution in [0.1, 0.15) is 5.69 Å². The SMILES string of the molecule is [CH2]c1ccc2ccc(F)cc2n1. The lowest BCUT2D eigenvalue weighted by atomic mass is 10.2. The number of nitrogens with zero attached hydrogens (tertiary/aromatic N) is 1. The van der Waals surface area contributed by atoms with Crippen LogP contribution in [0.5, 0.6) is 0 Å². The maximum Gasteiger partial charge on any atom is 0.125 e. The zero-order valence-corrected chi connectivity index (χ0v) is 6.42. The van der Waals surface area contributed by atoms with Gasteiger partial charge in [0, 0.05) is 17.1 Å². The van der Waals surface area contributed by atoms with Gasteiger partial charge in [0.05, 0.1) is 5.52 Å². The van der Waals surface area contributed by atoms with E-state index >= 15 is 0 Å². The van der Waals surface area contributed by atoms with Crippen LogP contribution in [0.4, 0.5) is 4.39 Å². The van der Waals surface area contributed by atoms with Gasteiger partial charge in [-0.05, 0) is 25.1 Å². The van der Waals surface area contributed by atoms with Crippen LogP contribution in [0, 0.1) is 12.7 Å². The van der Waals surface area contributed by atoms with Crippen molar-refractivity contribution in [3.63, 3.8) is 0 Å². The maximum absolute atomic E-state index is 12.7. The van der Waals surface area contributed by atoms with E-state index in [1.165, 1.54) is 12.1 Å². The Labute approximate surface area is 69.9 Å². The van der Waals surface area contributed by atoms with Crippen molar-refractivity contribution in [1.29, 1.82) is 0 Å². The highest BCUT2D eigenvalue weighted by Gasteiger charge is 1.96. The Hall–Kier alpha value is -1.44. The smallest absolute Gasteiger partial charge is 0.125 e. The molecule has 1 aromatic carbocycles. The Morgan fingerprint density at radius 1 is 1.17 bits per heavy atom. The summed E-state index contributed by atoms with van der Waals surface area (Å²) >= 11 is 0. The van der Waals surface area contributed by atoms with E-state index in [0.717, 1.165) is 5.39 Å². The molecule has 0 saturated heterocycles. The average Bonchev–Trinajstić information content (AvgIpc) is 2.03. The average molecular weight is 160 g/mol. The zero-order chi connectivity index (χ0) is 8.55.